The standard InChI is InChI=1S/C22H27B3N8O3/c1-32-11-26-18(31-32)12-4-3-5-13(17(12)36-2)27-14-10-15(33-9-8-21(6-7-21)20(33)35)29-30-16(14)19(34)28-22(23,24)25/h3-5,10-11H,6-9,23-25H2,1-2H3,(H,27,29)(H,28,34). The molecule has 182 valence electrons. The van der Waals surface area contributed by atoms with Crippen LogP contribution in [0.3, 0.4) is 0 Å². The van der Waals surface area contributed by atoms with Gasteiger partial charge in [0.25, 0.3) is 5.91 Å². The van der Waals surface area contributed by atoms with Crippen molar-refractivity contribution < 1.29 is 14.3 Å². The third kappa shape index (κ3) is 4.43. The number of hydrogen-bond acceptors (Lipinski definition) is 8. The van der Waals surface area contributed by atoms with E-state index in [1.165, 1.54) is 0 Å². The first-order valence-electron chi connectivity index (χ1n) is 11.9. The fourth-order valence-electron chi connectivity index (χ4n) is 4.47. The van der Waals surface area contributed by atoms with Gasteiger partial charge in [0.1, 0.15) is 29.9 Å². The zero-order valence-electron chi connectivity index (χ0n) is 21.1. The number of carbonyl (C=O) groups excluding carboxylic acids is 2. The maximum atomic E-state index is 13.1. The van der Waals surface area contributed by atoms with Crippen LogP contribution in [0, 0.1) is 5.41 Å². The molecular weight excluding hydrogens is 457 g/mol. The number of aromatic nitrogens is 5. The van der Waals surface area contributed by atoms with Gasteiger partial charge in [0, 0.05) is 19.7 Å². The maximum Gasteiger partial charge on any atom is 0.272 e. The molecule has 36 heavy (non-hydrogen) atoms. The fourth-order valence-corrected chi connectivity index (χ4v) is 4.47. The van der Waals surface area contributed by atoms with E-state index in [1.807, 2.05) is 41.7 Å². The fraction of sp³-hybridized carbons (Fsp3) is 0.364. The number of carbonyl (C=O) groups is 2. The van der Waals surface area contributed by atoms with Crippen LogP contribution in [-0.2, 0) is 11.8 Å². The molecule has 0 atom stereocenters. The van der Waals surface area contributed by atoms with Gasteiger partial charge < -0.3 is 15.4 Å². The van der Waals surface area contributed by atoms with Crippen molar-refractivity contribution in [2.24, 2.45) is 12.5 Å². The molecular formula is C22H27B3N8O3. The van der Waals surface area contributed by atoms with Gasteiger partial charge in [0.15, 0.2) is 23.1 Å². The highest BCUT2D eigenvalue weighted by Crippen LogP contribution is 2.54. The molecule has 1 saturated heterocycles. The van der Waals surface area contributed by atoms with Gasteiger partial charge in [-0.3, -0.25) is 19.2 Å². The number of hydrogen-bond donors (Lipinski definition) is 2. The van der Waals surface area contributed by atoms with Gasteiger partial charge in [-0.15, -0.1) is 10.2 Å². The van der Waals surface area contributed by atoms with E-state index < -0.39 is 5.24 Å². The van der Waals surface area contributed by atoms with Crippen molar-refractivity contribution in [2.45, 2.75) is 24.5 Å². The van der Waals surface area contributed by atoms with Crippen LogP contribution in [0.25, 0.3) is 11.4 Å². The Morgan fingerprint density at radius 1 is 1.17 bits per heavy atom. The summed E-state index contributed by atoms with van der Waals surface area (Å²) < 4.78 is 7.34. The minimum atomic E-state index is -0.472. The second-order valence-corrected chi connectivity index (χ2v) is 10.4. The lowest BCUT2D eigenvalue weighted by Crippen LogP contribution is -2.50. The van der Waals surface area contributed by atoms with Crippen molar-refractivity contribution in [2.75, 3.05) is 23.9 Å². The minimum Gasteiger partial charge on any atom is -0.494 e. The molecule has 2 aliphatic rings. The molecule has 2 aromatic heterocycles. The molecule has 2 amide bonds. The number of rotatable bonds is 7. The van der Waals surface area contributed by atoms with Crippen LogP contribution < -0.4 is 20.3 Å². The van der Waals surface area contributed by atoms with Crippen molar-refractivity contribution in [1.29, 1.82) is 0 Å². The first kappa shape index (κ1) is 23.9. The lowest BCUT2D eigenvalue weighted by Gasteiger charge is -2.22. The van der Waals surface area contributed by atoms with Gasteiger partial charge in [0.05, 0.1) is 29.5 Å². The van der Waals surface area contributed by atoms with E-state index in [9.17, 15) is 9.59 Å². The number of nitrogens with zero attached hydrogens (tertiary/aromatic N) is 6. The number of anilines is 3. The Kier molecular flexibility index (Phi) is 5.76. The molecule has 1 aromatic carbocycles. The summed E-state index contributed by atoms with van der Waals surface area (Å²) in [5, 5.41) is 18.7. The monoisotopic (exact) mass is 484 g/mol. The quantitative estimate of drug-likeness (QED) is 0.400. The van der Waals surface area contributed by atoms with Crippen LogP contribution in [0.2, 0.25) is 0 Å². The van der Waals surface area contributed by atoms with E-state index in [0.717, 1.165) is 19.3 Å². The normalized spacial score (nSPS) is 16.3. The molecule has 2 N–H and O–H groups in total. The average Bonchev–Trinajstić information content (AvgIpc) is 3.38. The Bertz CT molecular complexity index is 1350. The molecule has 0 unspecified atom stereocenters. The van der Waals surface area contributed by atoms with Crippen molar-refractivity contribution in [3.8, 4) is 17.1 Å². The van der Waals surface area contributed by atoms with Crippen molar-refractivity contribution >= 4 is 52.5 Å². The van der Waals surface area contributed by atoms with E-state index >= 15 is 0 Å². The van der Waals surface area contributed by atoms with E-state index in [1.54, 1.807) is 36.1 Å². The van der Waals surface area contributed by atoms with Crippen LogP contribution >= 0.6 is 0 Å². The molecule has 2 fully saturated rings. The maximum absolute atomic E-state index is 13.1. The van der Waals surface area contributed by atoms with Crippen LogP contribution in [-0.4, -0.2) is 79.2 Å². The van der Waals surface area contributed by atoms with Gasteiger partial charge >= 0.3 is 0 Å². The predicted molar refractivity (Wildman–Crippen MR) is 143 cm³/mol. The summed E-state index contributed by atoms with van der Waals surface area (Å²) in [4.78, 5) is 32.1. The summed E-state index contributed by atoms with van der Waals surface area (Å²) in [6, 6.07) is 7.24. The van der Waals surface area contributed by atoms with Gasteiger partial charge in [-0.1, -0.05) is 6.07 Å². The van der Waals surface area contributed by atoms with Crippen molar-refractivity contribution in [1.82, 2.24) is 30.3 Å². The zero-order valence-corrected chi connectivity index (χ0v) is 21.1. The smallest absolute Gasteiger partial charge is 0.272 e. The summed E-state index contributed by atoms with van der Waals surface area (Å²) in [5.41, 5.74) is 1.58. The third-order valence-corrected chi connectivity index (χ3v) is 6.46. The number of ether oxygens (including phenoxy) is 1. The molecule has 0 bridgehead atoms. The Labute approximate surface area is 211 Å². The third-order valence-electron chi connectivity index (χ3n) is 6.46. The van der Waals surface area contributed by atoms with E-state index in [0.29, 0.717) is 40.9 Å². The molecule has 3 aromatic rings. The Hall–Kier alpha value is -3.83. The van der Waals surface area contributed by atoms with E-state index in [2.05, 4.69) is 30.9 Å². The predicted octanol–water partition coefficient (Wildman–Crippen LogP) is -1.22. The van der Waals surface area contributed by atoms with Crippen molar-refractivity contribution in [3.05, 3.63) is 36.3 Å². The van der Waals surface area contributed by atoms with Crippen LogP contribution in [0.15, 0.2) is 30.6 Å². The highest BCUT2D eigenvalue weighted by molar-refractivity contribution is 6.60. The Balaban J connectivity index is 1.55. The summed E-state index contributed by atoms with van der Waals surface area (Å²) in [6.07, 6.45) is 4.26. The highest BCUT2D eigenvalue weighted by Gasteiger charge is 2.56. The largest absolute Gasteiger partial charge is 0.494 e. The van der Waals surface area contributed by atoms with Gasteiger partial charge in [-0.2, -0.15) is 5.10 Å². The number of nitrogens with one attached hydrogen (secondary N) is 2. The first-order valence-corrected chi connectivity index (χ1v) is 11.9. The second-order valence-electron chi connectivity index (χ2n) is 10.4. The molecule has 0 radical (unpaired) electrons. The number of para-hydroxylation sites is 1. The number of amides is 2. The summed E-state index contributed by atoms with van der Waals surface area (Å²) in [6.45, 7) is 0.588. The van der Waals surface area contributed by atoms with E-state index in [4.69, 9.17) is 4.74 Å². The lowest BCUT2D eigenvalue weighted by atomic mass is 9.49. The molecule has 5 rings (SSSR count). The highest BCUT2D eigenvalue weighted by atomic mass is 16.5. The second kappa shape index (κ2) is 8.68. The number of benzene rings is 1. The van der Waals surface area contributed by atoms with E-state index in [-0.39, 0.29) is 22.9 Å². The molecule has 3 heterocycles. The Morgan fingerprint density at radius 2 is 1.94 bits per heavy atom. The van der Waals surface area contributed by atoms with Crippen LogP contribution in [0.5, 0.6) is 5.75 Å². The first-order chi connectivity index (χ1) is 17.1. The number of aryl methyl sites for hydroxylation is 1. The van der Waals surface area contributed by atoms with Crippen molar-refractivity contribution in [3.63, 3.8) is 0 Å². The topological polar surface area (TPSA) is 127 Å². The van der Waals surface area contributed by atoms with Crippen LogP contribution in [0.4, 0.5) is 17.2 Å². The SMILES string of the molecule is BC(B)(B)NC(=O)c1nnc(N2CCC3(CC3)C2=O)cc1Nc1cccc(-c2ncn(C)n2)c1OC. The van der Waals surface area contributed by atoms with Gasteiger partial charge in [-0.05, 0) is 36.6 Å². The molecule has 11 nitrogen and oxygen atoms in total. The van der Waals surface area contributed by atoms with Gasteiger partial charge in [-0.25, -0.2) is 4.98 Å². The van der Waals surface area contributed by atoms with Crippen LogP contribution in [0.1, 0.15) is 29.8 Å². The summed E-state index contributed by atoms with van der Waals surface area (Å²) in [7, 11) is 9.04. The molecule has 1 spiro atoms. The molecule has 1 aliphatic heterocycles. The summed E-state index contributed by atoms with van der Waals surface area (Å²) in [5.74, 6) is 1.14. The Morgan fingerprint density at radius 3 is 2.56 bits per heavy atom. The number of methoxy groups -OCH3 is 1. The lowest BCUT2D eigenvalue weighted by molar-refractivity contribution is -0.121. The minimum absolute atomic E-state index is 0.0791. The average molecular weight is 484 g/mol. The summed E-state index contributed by atoms with van der Waals surface area (Å²) >= 11 is 0. The zero-order chi connectivity index (χ0) is 25.7. The molecule has 14 heteroatoms. The van der Waals surface area contributed by atoms with Gasteiger partial charge in [0.2, 0.25) is 5.91 Å². The molecule has 1 saturated carbocycles. The molecule has 1 aliphatic carbocycles.